The Morgan fingerprint density at radius 1 is 1.44 bits per heavy atom. The monoisotopic (exact) mass is 222 g/mol. The van der Waals surface area contributed by atoms with Gasteiger partial charge in [-0.05, 0) is 6.07 Å². The van der Waals surface area contributed by atoms with Gasteiger partial charge in [0, 0.05) is 33.3 Å². The Bertz CT molecular complexity index is 373. The van der Waals surface area contributed by atoms with E-state index in [1.54, 1.807) is 26.2 Å². The Labute approximate surface area is 93.6 Å². The smallest absolute Gasteiger partial charge is 0.273 e. The Kier molecular flexibility index (Phi) is 3.00. The van der Waals surface area contributed by atoms with Crippen LogP contribution in [0.3, 0.4) is 0 Å². The summed E-state index contributed by atoms with van der Waals surface area (Å²) in [4.78, 5) is 13.0. The molecule has 6 heteroatoms. The fraction of sp³-hybridized carbons (Fsp3) is 0.500. The molecule has 0 atom stereocenters. The first-order valence-corrected chi connectivity index (χ1v) is 5.09. The second-order valence-electron chi connectivity index (χ2n) is 3.85. The van der Waals surface area contributed by atoms with Crippen molar-refractivity contribution in [1.82, 2.24) is 20.4 Å². The Morgan fingerprint density at radius 2 is 2.19 bits per heavy atom. The van der Waals surface area contributed by atoms with Crippen molar-refractivity contribution in [2.24, 2.45) is 0 Å². The predicted molar refractivity (Wildman–Crippen MR) is 57.3 cm³/mol. The zero-order valence-electron chi connectivity index (χ0n) is 9.30. The average molecular weight is 222 g/mol. The maximum absolute atomic E-state index is 11.5. The summed E-state index contributed by atoms with van der Waals surface area (Å²) in [5.41, 5.74) is 0.323. The Morgan fingerprint density at radius 3 is 2.62 bits per heavy atom. The van der Waals surface area contributed by atoms with Crippen LogP contribution in [0.5, 0.6) is 5.88 Å². The number of rotatable bonds is 3. The third-order valence-corrected chi connectivity index (χ3v) is 2.30. The quantitative estimate of drug-likeness (QED) is 0.748. The highest BCUT2D eigenvalue weighted by Gasteiger charge is 2.19. The van der Waals surface area contributed by atoms with E-state index in [1.807, 2.05) is 0 Å². The predicted octanol–water partition coefficient (Wildman–Crippen LogP) is -0.471. The Hall–Kier alpha value is -1.69. The molecule has 0 spiro atoms. The van der Waals surface area contributed by atoms with Crippen molar-refractivity contribution in [3.63, 3.8) is 0 Å². The number of ether oxygens (including phenoxy) is 1. The lowest BCUT2D eigenvalue weighted by atomic mass is 10.2. The van der Waals surface area contributed by atoms with Crippen molar-refractivity contribution < 1.29 is 9.53 Å². The fourth-order valence-electron chi connectivity index (χ4n) is 1.24. The molecule has 0 radical (unpaired) electrons. The maximum atomic E-state index is 11.5. The molecule has 6 nitrogen and oxygen atoms in total. The number of carbonyl (C=O) groups excluding carboxylic acids is 1. The molecule has 0 unspecified atom stereocenters. The van der Waals surface area contributed by atoms with E-state index in [4.69, 9.17) is 4.74 Å². The van der Waals surface area contributed by atoms with Gasteiger partial charge in [0.25, 0.3) is 5.91 Å². The zero-order chi connectivity index (χ0) is 11.5. The number of amides is 1. The molecule has 86 valence electrons. The van der Waals surface area contributed by atoms with E-state index >= 15 is 0 Å². The fourth-order valence-corrected chi connectivity index (χ4v) is 1.24. The number of nitrogens with one attached hydrogen (secondary N) is 1. The van der Waals surface area contributed by atoms with Crippen molar-refractivity contribution >= 4 is 5.91 Å². The average Bonchev–Trinajstić information content (AvgIpc) is 2.23. The zero-order valence-corrected chi connectivity index (χ0v) is 9.30. The van der Waals surface area contributed by atoms with E-state index in [9.17, 15) is 4.79 Å². The molecule has 1 saturated heterocycles. The third kappa shape index (κ3) is 2.27. The van der Waals surface area contributed by atoms with E-state index in [1.165, 1.54) is 4.90 Å². The molecule has 0 aromatic carbocycles. The summed E-state index contributed by atoms with van der Waals surface area (Å²) in [7, 11) is 3.35. The molecule has 1 aromatic rings. The molecule has 1 amide bonds. The molecule has 16 heavy (non-hydrogen) atoms. The van der Waals surface area contributed by atoms with Crippen molar-refractivity contribution in [2.45, 2.75) is 6.10 Å². The molecule has 0 bridgehead atoms. The number of nitrogens with zero attached hydrogens (tertiary/aromatic N) is 3. The van der Waals surface area contributed by atoms with E-state index in [2.05, 4.69) is 15.5 Å². The summed E-state index contributed by atoms with van der Waals surface area (Å²) >= 11 is 0. The van der Waals surface area contributed by atoms with Gasteiger partial charge in [0.05, 0.1) is 0 Å². The lowest BCUT2D eigenvalue weighted by Gasteiger charge is -2.26. The molecule has 1 aliphatic rings. The molecule has 2 heterocycles. The van der Waals surface area contributed by atoms with Crippen molar-refractivity contribution in [1.29, 1.82) is 0 Å². The summed E-state index contributed by atoms with van der Waals surface area (Å²) in [6, 6.07) is 3.29. The van der Waals surface area contributed by atoms with Gasteiger partial charge in [-0.3, -0.25) is 4.79 Å². The van der Waals surface area contributed by atoms with Crippen LogP contribution < -0.4 is 10.1 Å². The molecule has 0 saturated carbocycles. The van der Waals surface area contributed by atoms with Crippen LogP contribution in [0.2, 0.25) is 0 Å². The number of hydrogen-bond donors (Lipinski definition) is 1. The highest BCUT2D eigenvalue weighted by Crippen LogP contribution is 2.10. The van der Waals surface area contributed by atoms with Crippen LogP contribution in [0.4, 0.5) is 0 Å². The summed E-state index contributed by atoms with van der Waals surface area (Å²) in [6.45, 7) is 1.67. The number of hydrogen-bond acceptors (Lipinski definition) is 5. The number of carbonyl (C=O) groups is 1. The van der Waals surface area contributed by atoms with Gasteiger partial charge >= 0.3 is 0 Å². The molecule has 1 N–H and O–H groups in total. The van der Waals surface area contributed by atoms with E-state index in [0.29, 0.717) is 11.6 Å². The topological polar surface area (TPSA) is 67.3 Å². The first kappa shape index (κ1) is 10.8. The molecular formula is C10H14N4O2. The standard InChI is InChI=1S/C10H14N4O2/c1-14(2)10(15)8-3-4-9(13-12-8)16-7-5-11-6-7/h3-4,7,11H,5-6H2,1-2H3. The van der Waals surface area contributed by atoms with Gasteiger partial charge < -0.3 is 15.0 Å². The first-order chi connectivity index (χ1) is 7.66. The van der Waals surface area contributed by atoms with Crippen LogP contribution in [0.15, 0.2) is 12.1 Å². The molecule has 1 aromatic heterocycles. The van der Waals surface area contributed by atoms with E-state index in [-0.39, 0.29) is 12.0 Å². The summed E-state index contributed by atoms with van der Waals surface area (Å²) in [5, 5.41) is 10.8. The summed E-state index contributed by atoms with van der Waals surface area (Å²) < 4.78 is 5.48. The van der Waals surface area contributed by atoms with Gasteiger partial charge in [-0.2, -0.15) is 0 Å². The summed E-state index contributed by atoms with van der Waals surface area (Å²) in [6.07, 6.45) is 0.171. The maximum Gasteiger partial charge on any atom is 0.273 e. The van der Waals surface area contributed by atoms with Crippen molar-refractivity contribution in [3.05, 3.63) is 17.8 Å². The Balaban J connectivity index is 2.00. The molecular weight excluding hydrogens is 208 g/mol. The number of aromatic nitrogens is 2. The minimum atomic E-state index is -0.163. The highest BCUT2D eigenvalue weighted by atomic mass is 16.5. The highest BCUT2D eigenvalue weighted by molar-refractivity contribution is 5.91. The van der Waals surface area contributed by atoms with Crippen LogP contribution in [-0.4, -0.2) is 54.3 Å². The van der Waals surface area contributed by atoms with E-state index in [0.717, 1.165) is 13.1 Å². The molecule has 0 aliphatic carbocycles. The minimum Gasteiger partial charge on any atom is -0.471 e. The molecule has 1 aliphatic heterocycles. The van der Waals surface area contributed by atoms with Gasteiger partial charge in [0.2, 0.25) is 5.88 Å². The van der Waals surface area contributed by atoms with Crippen molar-refractivity contribution in [2.75, 3.05) is 27.2 Å². The van der Waals surface area contributed by atoms with Gasteiger partial charge in [-0.1, -0.05) is 0 Å². The van der Waals surface area contributed by atoms with Gasteiger partial charge in [-0.15, -0.1) is 10.2 Å². The second-order valence-corrected chi connectivity index (χ2v) is 3.85. The molecule has 1 fully saturated rings. The van der Waals surface area contributed by atoms with Crippen LogP contribution in [0.25, 0.3) is 0 Å². The van der Waals surface area contributed by atoms with Crippen LogP contribution in [0.1, 0.15) is 10.5 Å². The van der Waals surface area contributed by atoms with Crippen LogP contribution in [-0.2, 0) is 0 Å². The minimum absolute atomic E-state index is 0.163. The first-order valence-electron chi connectivity index (χ1n) is 5.09. The lowest BCUT2D eigenvalue weighted by Crippen LogP contribution is -2.50. The van der Waals surface area contributed by atoms with Gasteiger partial charge in [0.1, 0.15) is 6.10 Å². The van der Waals surface area contributed by atoms with Crippen molar-refractivity contribution in [3.8, 4) is 5.88 Å². The second kappa shape index (κ2) is 4.44. The SMILES string of the molecule is CN(C)C(=O)c1ccc(OC2CNC2)nn1. The van der Waals surface area contributed by atoms with Crippen LogP contribution in [0, 0.1) is 0 Å². The lowest BCUT2D eigenvalue weighted by molar-refractivity contribution is 0.0819. The van der Waals surface area contributed by atoms with E-state index < -0.39 is 0 Å². The molecule has 2 rings (SSSR count). The van der Waals surface area contributed by atoms with Crippen LogP contribution >= 0.6 is 0 Å². The normalized spacial score (nSPS) is 15.4. The summed E-state index contributed by atoms with van der Waals surface area (Å²) in [5.74, 6) is 0.297. The van der Waals surface area contributed by atoms with Gasteiger partial charge in [0.15, 0.2) is 5.69 Å². The largest absolute Gasteiger partial charge is 0.471 e. The third-order valence-electron chi connectivity index (χ3n) is 2.30. The van der Waals surface area contributed by atoms with Gasteiger partial charge in [-0.25, -0.2) is 0 Å².